The van der Waals surface area contributed by atoms with E-state index in [2.05, 4.69) is 10.2 Å². The van der Waals surface area contributed by atoms with Crippen LogP contribution >= 0.6 is 0 Å². The summed E-state index contributed by atoms with van der Waals surface area (Å²) in [5.74, 6) is -0.0432. The van der Waals surface area contributed by atoms with Crippen molar-refractivity contribution in [3.63, 3.8) is 0 Å². The molecule has 92 valence electrons. The Balaban J connectivity index is 2.01. The zero-order valence-corrected chi connectivity index (χ0v) is 10.3. The largest absolute Gasteiger partial charge is 0.380 e. The monoisotopic (exact) mass is 234 g/mol. The second kappa shape index (κ2) is 5.19. The molecule has 2 rings (SSSR count). The van der Waals surface area contributed by atoms with Crippen molar-refractivity contribution >= 4 is 17.3 Å². The lowest BCUT2D eigenvalue weighted by Gasteiger charge is -2.18. The minimum Gasteiger partial charge on any atom is -0.380 e. The first-order chi connectivity index (χ1) is 8.19. The molecule has 1 aliphatic heterocycles. The fraction of sp³-hybridized carbons (Fsp3) is 0.462. The molecular formula is C13H18N2O2. The number of amides is 1. The molecule has 0 radical (unpaired) electrons. The van der Waals surface area contributed by atoms with E-state index in [1.807, 2.05) is 24.3 Å². The first-order valence-corrected chi connectivity index (χ1v) is 5.84. The Bertz CT molecular complexity index is 389. The van der Waals surface area contributed by atoms with Crippen LogP contribution < -0.4 is 10.2 Å². The van der Waals surface area contributed by atoms with Crippen molar-refractivity contribution in [2.45, 2.75) is 19.4 Å². The summed E-state index contributed by atoms with van der Waals surface area (Å²) in [6.45, 7) is 3.48. The van der Waals surface area contributed by atoms with Crippen LogP contribution in [-0.4, -0.2) is 32.2 Å². The van der Waals surface area contributed by atoms with Crippen LogP contribution in [0.5, 0.6) is 0 Å². The number of ether oxygens (including phenoxy) is 1. The van der Waals surface area contributed by atoms with Crippen LogP contribution in [-0.2, 0) is 9.53 Å². The van der Waals surface area contributed by atoms with Gasteiger partial charge < -0.3 is 15.0 Å². The molecule has 1 atom stereocenters. The SMILES string of the molecule is COC1CCN(c2ccc(NC(C)=O)cc2)C1. The van der Waals surface area contributed by atoms with Crippen LogP contribution in [0.4, 0.5) is 11.4 Å². The lowest BCUT2D eigenvalue weighted by Crippen LogP contribution is -2.22. The lowest BCUT2D eigenvalue weighted by atomic mass is 10.2. The van der Waals surface area contributed by atoms with Crippen molar-refractivity contribution in [3.05, 3.63) is 24.3 Å². The van der Waals surface area contributed by atoms with E-state index < -0.39 is 0 Å². The smallest absolute Gasteiger partial charge is 0.221 e. The summed E-state index contributed by atoms with van der Waals surface area (Å²) in [5, 5.41) is 2.76. The third kappa shape index (κ3) is 2.97. The van der Waals surface area contributed by atoms with Crippen molar-refractivity contribution in [1.29, 1.82) is 0 Å². The molecular weight excluding hydrogens is 216 g/mol. The maximum atomic E-state index is 10.9. The Labute approximate surface area is 102 Å². The fourth-order valence-electron chi connectivity index (χ4n) is 2.11. The highest BCUT2D eigenvalue weighted by Gasteiger charge is 2.21. The quantitative estimate of drug-likeness (QED) is 0.868. The van der Waals surface area contributed by atoms with Gasteiger partial charge in [0.15, 0.2) is 0 Å². The van der Waals surface area contributed by atoms with E-state index in [0.29, 0.717) is 6.10 Å². The van der Waals surface area contributed by atoms with Gasteiger partial charge in [0.25, 0.3) is 0 Å². The Hall–Kier alpha value is -1.55. The highest BCUT2D eigenvalue weighted by molar-refractivity contribution is 5.88. The zero-order valence-electron chi connectivity index (χ0n) is 10.3. The summed E-state index contributed by atoms with van der Waals surface area (Å²) in [6, 6.07) is 7.92. The van der Waals surface area contributed by atoms with E-state index in [0.717, 1.165) is 25.2 Å². The first-order valence-electron chi connectivity index (χ1n) is 5.84. The molecule has 0 bridgehead atoms. The molecule has 1 aliphatic rings. The van der Waals surface area contributed by atoms with Crippen molar-refractivity contribution in [1.82, 2.24) is 0 Å². The van der Waals surface area contributed by atoms with Gasteiger partial charge in [-0.25, -0.2) is 0 Å². The molecule has 0 aromatic heterocycles. The predicted molar refractivity (Wildman–Crippen MR) is 68.4 cm³/mol. The van der Waals surface area contributed by atoms with Crippen LogP contribution in [0.15, 0.2) is 24.3 Å². The Kier molecular flexibility index (Phi) is 3.64. The zero-order chi connectivity index (χ0) is 12.3. The Morgan fingerprint density at radius 1 is 1.41 bits per heavy atom. The summed E-state index contributed by atoms with van der Waals surface area (Å²) in [5.41, 5.74) is 2.02. The number of carbonyl (C=O) groups excluding carboxylic acids is 1. The first kappa shape index (κ1) is 11.9. The molecule has 1 N–H and O–H groups in total. The average Bonchev–Trinajstić information content (AvgIpc) is 2.78. The van der Waals surface area contributed by atoms with Crippen LogP contribution in [0.25, 0.3) is 0 Å². The van der Waals surface area contributed by atoms with E-state index in [4.69, 9.17) is 4.74 Å². The molecule has 1 heterocycles. The van der Waals surface area contributed by atoms with E-state index in [1.165, 1.54) is 12.6 Å². The van der Waals surface area contributed by atoms with Gasteiger partial charge >= 0.3 is 0 Å². The highest BCUT2D eigenvalue weighted by atomic mass is 16.5. The van der Waals surface area contributed by atoms with Gasteiger partial charge in [-0.3, -0.25) is 4.79 Å². The number of benzene rings is 1. The van der Waals surface area contributed by atoms with Gasteiger partial charge in [0.1, 0.15) is 0 Å². The number of anilines is 2. The van der Waals surface area contributed by atoms with Gasteiger partial charge in [0, 0.05) is 38.5 Å². The predicted octanol–water partition coefficient (Wildman–Crippen LogP) is 1.87. The average molecular weight is 234 g/mol. The Morgan fingerprint density at radius 2 is 2.12 bits per heavy atom. The van der Waals surface area contributed by atoms with E-state index in [-0.39, 0.29) is 5.91 Å². The van der Waals surface area contributed by atoms with Gasteiger partial charge in [-0.15, -0.1) is 0 Å². The second-order valence-electron chi connectivity index (χ2n) is 4.32. The van der Waals surface area contributed by atoms with Crippen molar-refractivity contribution in [2.24, 2.45) is 0 Å². The maximum Gasteiger partial charge on any atom is 0.221 e. The number of nitrogens with one attached hydrogen (secondary N) is 1. The summed E-state index contributed by atoms with van der Waals surface area (Å²) in [4.78, 5) is 13.2. The molecule has 0 spiro atoms. The number of nitrogens with zero attached hydrogens (tertiary/aromatic N) is 1. The van der Waals surface area contributed by atoms with Crippen molar-refractivity contribution in [3.8, 4) is 0 Å². The van der Waals surface area contributed by atoms with Gasteiger partial charge in [0.2, 0.25) is 5.91 Å². The van der Waals surface area contributed by atoms with Crippen LogP contribution in [0.1, 0.15) is 13.3 Å². The standard InChI is InChI=1S/C13H18N2O2/c1-10(16)14-11-3-5-12(6-4-11)15-8-7-13(9-15)17-2/h3-6,13H,7-9H2,1-2H3,(H,14,16). The van der Waals surface area contributed by atoms with E-state index >= 15 is 0 Å². The maximum absolute atomic E-state index is 10.9. The molecule has 4 heteroatoms. The Morgan fingerprint density at radius 3 is 2.65 bits per heavy atom. The van der Waals surface area contributed by atoms with Gasteiger partial charge in [-0.1, -0.05) is 0 Å². The molecule has 0 saturated carbocycles. The minimum atomic E-state index is -0.0432. The topological polar surface area (TPSA) is 41.6 Å². The molecule has 1 fully saturated rings. The molecule has 0 aliphatic carbocycles. The number of hydrogen-bond acceptors (Lipinski definition) is 3. The number of rotatable bonds is 3. The third-order valence-corrected chi connectivity index (χ3v) is 3.03. The van der Waals surface area contributed by atoms with Crippen LogP contribution in [0.2, 0.25) is 0 Å². The summed E-state index contributed by atoms with van der Waals surface area (Å²) < 4.78 is 5.34. The van der Waals surface area contributed by atoms with E-state index in [9.17, 15) is 4.79 Å². The minimum absolute atomic E-state index is 0.0432. The summed E-state index contributed by atoms with van der Waals surface area (Å²) in [7, 11) is 1.76. The highest BCUT2D eigenvalue weighted by Crippen LogP contribution is 2.23. The van der Waals surface area contributed by atoms with Crippen molar-refractivity contribution < 1.29 is 9.53 Å². The second-order valence-corrected chi connectivity index (χ2v) is 4.32. The van der Waals surface area contributed by atoms with E-state index in [1.54, 1.807) is 7.11 Å². The van der Waals surface area contributed by atoms with Gasteiger partial charge in [-0.2, -0.15) is 0 Å². The normalized spacial score (nSPS) is 19.4. The summed E-state index contributed by atoms with van der Waals surface area (Å²) >= 11 is 0. The molecule has 1 amide bonds. The number of carbonyl (C=O) groups is 1. The molecule has 4 nitrogen and oxygen atoms in total. The van der Waals surface area contributed by atoms with Gasteiger partial charge in [0.05, 0.1) is 6.10 Å². The molecule has 1 aromatic rings. The van der Waals surface area contributed by atoms with Crippen LogP contribution in [0, 0.1) is 0 Å². The van der Waals surface area contributed by atoms with Crippen LogP contribution in [0.3, 0.4) is 0 Å². The van der Waals surface area contributed by atoms with Gasteiger partial charge in [-0.05, 0) is 30.7 Å². The third-order valence-electron chi connectivity index (χ3n) is 3.03. The van der Waals surface area contributed by atoms with Crippen molar-refractivity contribution in [2.75, 3.05) is 30.4 Å². The fourth-order valence-corrected chi connectivity index (χ4v) is 2.11. The molecule has 17 heavy (non-hydrogen) atoms. The number of methoxy groups -OCH3 is 1. The summed E-state index contributed by atoms with van der Waals surface area (Å²) in [6.07, 6.45) is 1.41. The molecule has 1 saturated heterocycles. The molecule has 1 unspecified atom stereocenters. The molecule has 1 aromatic carbocycles. The number of hydrogen-bond donors (Lipinski definition) is 1. The lowest BCUT2D eigenvalue weighted by molar-refractivity contribution is -0.114.